The fourth-order valence-corrected chi connectivity index (χ4v) is 4.21. The molecule has 0 unspecified atom stereocenters. The van der Waals surface area contributed by atoms with Crippen LogP contribution in [0, 0.1) is 0 Å². The summed E-state index contributed by atoms with van der Waals surface area (Å²) in [6.07, 6.45) is 0. The minimum atomic E-state index is -0.109. The van der Waals surface area contributed by atoms with Gasteiger partial charge in [-0.05, 0) is 12.1 Å². The van der Waals surface area contributed by atoms with Gasteiger partial charge in [-0.2, -0.15) is 0 Å². The van der Waals surface area contributed by atoms with E-state index in [4.69, 9.17) is 4.98 Å². The molecule has 27 heavy (non-hydrogen) atoms. The van der Waals surface area contributed by atoms with Crippen LogP contribution in [0.5, 0.6) is 0 Å². The molecule has 3 nitrogen and oxygen atoms in total. The molecular weight excluding hydrogens is 354 g/mol. The zero-order valence-corrected chi connectivity index (χ0v) is 15.0. The van der Waals surface area contributed by atoms with Gasteiger partial charge in [0, 0.05) is 38.8 Å². The molecule has 4 aromatic rings. The Balaban J connectivity index is 1.58. The lowest BCUT2D eigenvalue weighted by atomic mass is 9.83. The van der Waals surface area contributed by atoms with Gasteiger partial charge in [-0.3, -0.25) is 9.59 Å². The van der Waals surface area contributed by atoms with E-state index in [1.807, 2.05) is 41.8 Å². The minimum Gasteiger partial charge on any atom is -0.289 e. The normalized spacial score (nSPS) is 12.6. The van der Waals surface area contributed by atoms with Crippen LogP contribution in [0.2, 0.25) is 0 Å². The molecular formula is C23H13NO2S. The van der Waals surface area contributed by atoms with Crippen molar-refractivity contribution in [2.24, 2.45) is 0 Å². The first kappa shape index (κ1) is 15.9. The Kier molecular flexibility index (Phi) is 3.59. The molecule has 128 valence electrons. The first-order valence-electron chi connectivity index (χ1n) is 8.56. The van der Waals surface area contributed by atoms with Gasteiger partial charge in [0.25, 0.3) is 0 Å². The Morgan fingerprint density at radius 3 is 2.00 bits per heavy atom. The predicted molar refractivity (Wildman–Crippen MR) is 106 cm³/mol. The number of ketones is 2. The fourth-order valence-electron chi connectivity index (χ4n) is 3.38. The van der Waals surface area contributed by atoms with Gasteiger partial charge >= 0.3 is 0 Å². The van der Waals surface area contributed by atoms with E-state index >= 15 is 0 Å². The molecule has 0 radical (unpaired) electrons. The van der Waals surface area contributed by atoms with Crippen LogP contribution in [-0.4, -0.2) is 16.6 Å². The highest BCUT2D eigenvalue weighted by Gasteiger charge is 2.29. The number of rotatable bonds is 2. The second-order valence-electron chi connectivity index (χ2n) is 6.37. The molecule has 4 heteroatoms. The molecule has 1 aliphatic carbocycles. The molecule has 3 aromatic carbocycles. The van der Waals surface area contributed by atoms with E-state index in [-0.39, 0.29) is 11.6 Å². The maximum Gasteiger partial charge on any atom is 0.194 e. The molecule has 1 aromatic heterocycles. The summed E-state index contributed by atoms with van der Waals surface area (Å²) >= 11 is 1.53. The SMILES string of the molecule is O=C1c2ccccc2C(=O)c2cc(-c3nc(-c4ccccc4)cs3)ccc21. The van der Waals surface area contributed by atoms with Gasteiger partial charge in [0.1, 0.15) is 5.01 Å². The third-order valence-corrected chi connectivity index (χ3v) is 5.64. The molecule has 0 bridgehead atoms. The van der Waals surface area contributed by atoms with Gasteiger partial charge in [0.15, 0.2) is 11.6 Å². The third kappa shape index (κ3) is 2.54. The standard InChI is InChI=1S/C23H13NO2S/c25-21-16-8-4-5-9-17(16)22(26)19-12-15(10-11-18(19)21)23-24-20(13-27-23)14-6-2-1-3-7-14/h1-13H. The first-order valence-corrected chi connectivity index (χ1v) is 9.44. The van der Waals surface area contributed by atoms with Crippen LogP contribution in [0.3, 0.4) is 0 Å². The van der Waals surface area contributed by atoms with Gasteiger partial charge in [0.05, 0.1) is 5.69 Å². The molecule has 0 N–H and O–H groups in total. The predicted octanol–water partition coefficient (Wildman–Crippen LogP) is 5.25. The molecule has 1 heterocycles. The highest BCUT2D eigenvalue weighted by atomic mass is 32.1. The summed E-state index contributed by atoms with van der Waals surface area (Å²) in [5, 5.41) is 2.84. The van der Waals surface area contributed by atoms with Crippen LogP contribution < -0.4 is 0 Å². The number of benzene rings is 3. The van der Waals surface area contributed by atoms with Gasteiger partial charge in [-0.15, -0.1) is 11.3 Å². The van der Waals surface area contributed by atoms with E-state index in [1.165, 1.54) is 11.3 Å². The molecule has 1 aliphatic rings. The summed E-state index contributed by atoms with van der Waals surface area (Å²) in [6, 6.07) is 22.4. The molecule has 0 fully saturated rings. The van der Waals surface area contributed by atoms with Crippen LogP contribution in [0.25, 0.3) is 21.8 Å². The van der Waals surface area contributed by atoms with E-state index in [0.717, 1.165) is 21.8 Å². The second kappa shape index (κ2) is 6.11. The molecule has 0 aliphatic heterocycles. The number of aromatic nitrogens is 1. The summed E-state index contributed by atoms with van der Waals surface area (Å²) in [7, 11) is 0. The number of nitrogens with zero attached hydrogens (tertiary/aromatic N) is 1. The summed E-state index contributed by atoms with van der Waals surface area (Å²) < 4.78 is 0. The van der Waals surface area contributed by atoms with Crippen molar-refractivity contribution in [3.8, 4) is 21.8 Å². The largest absolute Gasteiger partial charge is 0.289 e. The number of hydrogen-bond donors (Lipinski definition) is 0. The zero-order valence-electron chi connectivity index (χ0n) is 14.2. The lowest BCUT2D eigenvalue weighted by Gasteiger charge is -2.17. The van der Waals surface area contributed by atoms with E-state index in [2.05, 4.69) is 0 Å². The summed E-state index contributed by atoms with van der Waals surface area (Å²) in [6.45, 7) is 0. The zero-order chi connectivity index (χ0) is 18.4. The number of thiazole rings is 1. The van der Waals surface area contributed by atoms with Gasteiger partial charge in [0.2, 0.25) is 0 Å². The van der Waals surface area contributed by atoms with Crippen LogP contribution in [0.4, 0.5) is 0 Å². The van der Waals surface area contributed by atoms with Crippen LogP contribution >= 0.6 is 11.3 Å². The molecule has 0 saturated heterocycles. The number of hydrogen-bond acceptors (Lipinski definition) is 4. The lowest BCUT2D eigenvalue weighted by molar-refractivity contribution is 0.0979. The molecule has 0 saturated carbocycles. The summed E-state index contributed by atoms with van der Waals surface area (Å²) in [5.74, 6) is -0.210. The van der Waals surface area contributed by atoms with Crippen molar-refractivity contribution in [3.63, 3.8) is 0 Å². The van der Waals surface area contributed by atoms with Crippen molar-refractivity contribution >= 4 is 22.9 Å². The van der Waals surface area contributed by atoms with E-state index in [0.29, 0.717) is 22.3 Å². The van der Waals surface area contributed by atoms with Crippen molar-refractivity contribution in [2.45, 2.75) is 0 Å². The van der Waals surface area contributed by atoms with Crippen molar-refractivity contribution in [2.75, 3.05) is 0 Å². The topological polar surface area (TPSA) is 47.0 Å². The molecule has 0 spiro atoms. The van der Waals surface area contributed by atoms with Gasteiger partial charge in [-0.25, -0.2) is 4.98 Å². The number of fused-ring (bicyclic) bond motifs is 2. The third-order valence-electron chi connectivity index (χ3n) is 4.75. The average Bonchev–Trinajstić information content (AvgIpc) is 3.23. The second-order valence-corrected chi connectivity index (χ2v) is 7.23. The average molecular weight is 367 g/mol. The summed E-state index contributed by atoms with van der Waals surface area (Å²) in [4.78, 5) is 30.3. The maximum absolute atomic E-state index is 12.9. The van der Waals surface area contributed by atoms with E-state index in [1.54, 1.807) is 36.4 Å². The van der Waals surface area contributed by atoms with Crippen LogP contribution in [0.1, 0.15) is 31.8 Å². The summed E-state index contributed by atoms with van der Waals surface area (Å²) in [5.41, 5.74) is 4.66. The lowest BCUT2D eigenvalue weighted by Crippen LogP contribution is -2.20. The van der Waals surface area contributed by atoms with Gasteiger partial charge < -0.3 is 0 Å². The van der Waals surface area contributed by atoms with Crippen molar-refractivity contribution in [1.29, 1.82) is 0 Å². The Bertz CT molecular complexity index is 1210. The fraction of sp³-hybridized carbons (Fsp3) is 0. The van der Waals surface area contributed by atoms with E-state index < -0.39 is 0 Å². The first-order chi connectivity index (χ1) is 13.2. The Labute approximate surface area is 160 Å². The smallest absolute Gasteiger partial charge is 0.194 e. The minimum absolute atomic E-state index is 0.101. The van der Waals surface area contributed by atoms with Crippen molar-refractivity contribution in [1.82, 2.24) is 4.98 Å². The maximum atomic E-state index is 12.9. The Hall–Kier alpha value is -3.37. The highest BCUT2D eigenvalue weighted by molar-refractivity contribution is 7.13. The van der Waals surface area contributed by atoms with E-state index in [9.17, 15) is 9.59 Å². The van der Waals surface area contributed by atoms with Crippen LogP contribution in [0.15, 0.2) is 78.2 Å². The molecule has 5 rings (SSSR count). The Morgan fingerprint density at radius 1 is 0.630 bits per heavy atom. The monoisotopic (exact) mass is 367 g/mol. The van der Waals surface area contributed by atoms with Gasteiger partial charge in [-0.1, -0.05) is 60.7 Å². The van der Waals surface area contributed by atoms with Crippen molar-refractivity contribution in [3.05, 3.63) is 100 Å². The number of carbonyl (C=O) groups excluding carboxylic acids is 2. The quantitative estimate of drug-likeness (QED) is 0.428. The Morgan fingerprint density at radius 2 is 1.26 bits per heavy atom. The number of carbonyl (C=O) groups is 2. The van der Waals surface area contributed by atoms with Crippen LogP contribution in [-0.2, 0) is 0 Å². The molecule has 0 atom stereocenters. The van der Waals surface area contributed by atoms with Crippen molar-refractivity contribution < 1.29 is 9.59 Å². The highest BCUT2D eigenvalue weighted by Crippen LogP contribution is 2.33. The molecule has 0 amide bonds.